The van der Waals surface area contributed by atoms with Crippen molar-refractivity contribution in [2.75, 3.05) is 31.8 Å². The van der Waals surface area contributed by atoms with Crippen LogP contribution in [0, 0.1) is 12.8 Å². The molecule has 140 valence electrons. The van der Waals surface area contributed by atoms with E-state index in [1.165, 1.54) is 15.4 Å². The Bertz CT molecular complexity index is 723. The molecule has 2 unspecified atom stereocenters. The number of methoxy groups -OCH3 is 1. The van der Waals surface area contributed by atoms with Crippen molar-refractivity contribution >= 4 is 23.5 Å². The molecule has 3 nitrogen and oxygen atoms in total. The van der Waals surface area contributed by atoms with Gasteiger partial charge in [0.15, 0.2) is 0 Å². The van der Waals surface area contributed by atoms with E-state index >= 15 is 0 Å². The Labute approximate surface area is 165 Å². The summed E-state index contributed by atoms with van der Waals surface area (Å²) in [6.07, 6.45) is 0. The molecule has 3 rings (SSSR count). The van der Waals surface area contributed by atoms with E-state index in [0.29, 0.717) is 12.0 Å². The van der Waals surface area contributed by atoms with Gasteiger partial charge in [-0.25, -0.2) is 0 Å². The topological polar surface area (TPSA) is 30.5 Å². The molecule has 0 saturated carbocycles. The lowest BCUT2D eigenvalue weighted by molar-refractivity contribution is 0.270. The molecule has 1 N–H and O–H groups in total. The lowest BCUT2D eigenvalue weighted by Gasteiger charge is -2.19. The van der Waals surface area contributed by atoms with Crippen molar-refractivity contribution in [3.05, 3.63) is 48.0 Å². The first-order valence-electron chi connectivity index (χ1n) is 9.01. The lowest BCUT2D eigenvalue weighted by atomic mass is 10.2. The molecule has 0 aliphatic carbocycles. The Morgan fingerprint density at radius 3 is 2.96 bits per heavy atom. The first-order chi connectivity index (χ1) is 12.7. The molecule has 5 heteroatoms. The average molecular weight is 390 g/mol. The van der Waals surface area contributed by atoms with Gasteiger partial charge in [-0.2, -0.15) is 0 Å². The van der Waals surface area contributed by atoms with Crippen LogP contribution in [0.4, 0.5) is 0 Å². The van der Waals surface area contributed by atoms with Gasteiger partial charge in [-0.3, -0.25) is 0 Å². The van der Waals surface area contributed by atoms with Gasteiger partial charge in [0.2, 0.25) is 0 Å². The molecule has 1 heterocycles. The zero-order valence-electron chi connectivity index (χ0n) is 15.7. The van der Waals surface area contributed by atoms with Crippen LogP contribution in [0.15, 0.2) is 52.3 Å². The second kappa shape index (κ2) is 9.58. The van der Waals surface area contributed by atoms with Crippen molar-refractivity contribution in [2.45, 2.75) is 29.7 Å². The maximum absolute atomic E-state index is 6.03. The van der Waals surface area contributed by atoms with E-state index in [1.54, 1.807) is 7.11 Å². The summed E-state index contributed by atoms with van der Waals surface area (Å²) in [5.74, 6) is 4.66. The summed E-state index contributed by atoms with van der Waals surface area (Å²) in [7, 11) is 1.73. The summed E-state index contributed by atoms with van der Waals surface area (Å²) in [6, 6.07) is 14.9. The van der Waals surface area contributed by atoms with Gasteiger partial charge in [0.1, 0.15) is 18.1 Å². The van der Waals surface area contributed by atoms with Crippen LogP contribution in [0.25, 0.3) is 0 Å². The van der Waals surface area contributed by atoms with Crippen LogP contribution < -0.4 is 14.8 Å². The number of ether oxygens (including phenoxy) is 2. The Morgan fingerprint density at radius 2 is 2.12 bits per heavy atom. The van der Waals surface area contributed by atoms with Crippen LogP contribution >= 0.6 is 23.5 Å². The van der Waals surface area contributed by atoms with Crippen molar-refractivity contribution in [1.82, 2.24) is 5.32 Å². The smallest absolute Gasteiger partial charge is 0.133 e. The molecule has 2 aromatic carbocycles. The van der Waals surface area contributed by atoms with E-state index in [4.69, 9.17) is 9.47 Å². The first kappa shape index (κ1) is 19.5. The molecular formula is C21H27NO2S2. The third-order valence-electron chi connectivity index (χ3n) is 4.39. The van der Waals surface area contributed by atoms with Gasteiger partial charge in [0.25, 0.3) is 0 Å². The summed E-state index contributed by atoms with van der Waals surface area (Å²) in [6.45, 7) is 6.17. The molecule has 1 aliphatic heterocycles. The Balaban J connectivity index is 1.45. The van der Waals surface area contributed by atoms with Crippen LogP contribution in [0.5, 0.6) is 11.5 Å². The Kier molecular flexibility index (Phi) is 7.17. The number of hydrogen-bond donors (Lipinski definition) is 1. The minimum Gasteiger partial charge on any atom is -0.496 e. The second-order valence-corrected chi connectivity index (χ2v) is 8.79. The third kappa shape index (κ3) is 5.12. The predicted molar refractivity (Wildman–Crippen MR) is 112 cm³/mol. The van der Waals surface area contributed by atoms with Crippen LogP contribution in [0.2, 0.25) is 0 Å². The predicted octanol–water partition coefficient (Wildman–Crippen LogP) is 4.87. The molecule has 0 fully saturated rings. The molecule has 0 amide bonds. The van der Waals surface area contributed by atoms with E-state index in [1.807, 2.05) is 35.7 Å². The summed E-state index contributed by atoms with van der Waals surface area (Å²) < 4.78 is 11.5. The fraction of sp³-hybridized carbons (Fsp3) is 0.429. The molecule has 2 atom stereocenters. The summed E-state index contributed by atoms with van der Waals surface area (Å²) >= 11 is 3.76. The van der Waals surface area contributed by atoms with Crippen LogP contribution in [0.3, 0.4) is 0 Å². The fourth-order valence-electron chi connectivity index (χ4n) is 2.86. The summed E-state index contributed by atoms with van der Waals surface area (Å²) in [5, 5.41) is 3.69. The fourth-order valence-corrected chi connectivity index (χ4v) is 5.06. The minimum absolute atomic E-state index is 0.380. The monoisotopic (exact) mass is 389 g/mol. The Hall–Kier alpha value is -1.30. The van der Waals surface area contributed by atoms with Gasteiger partial charge in [0, 0.05) is 16.4 Å². The number of para-hydroxylation sites is 1. The molecule has 1 aliphatic rings. The largest absolute Gasteiger partial charge is 0.496 e. The van der Waals surface area contributed by atoms with Crippen molar-refractivity contribution in [3.63, 3.8) is 0 Å². The number of aryl methyl sites for hydroxylation is 1. The van der Waals surface area contributed by atoms with Gasteiger partial charge in [-0.1, -0.05) is 31.2 Å². The highest BCUT2D eigenvalue weighted by Gasteiger charge is 2.19. The van der Waals surface area contributed by atoms with Gasteiger partial charge in [-0.05, 0) is 43.1 Å². The number of nitrogens with one attached hydrogen (secondary N) is 1. The molecule has 0 aromatic heterocycles. The van der Waals surface area contributed by atoms with Crippen LogP contribution in [-0.2, 0) is 0 Å². The van der Waals surface area contributed by atoms with Gasteiger partial charge in [-0.15, -0.1) is 23.5 Å². The van der Waals surface area contributed by atoms with Gasteiger partial charge in [0.05, 0.1) is 18.0 Å². The average Bonchev–Trinajstić information content (AvgIpc) is 2.88. The maximum Gasteiger partial charge on any atom is 0.133 e. The number of hydrogen-bond acceptors (Lipinski definition) is 5. The molecule has 0 saturated heterocycles. The number of thioether (sulfide) groups is 2. The maximum atomic E-state index is 6.03. The highest BCUT2D eigenvalue weighted by Crippen LogP contribution is 2.35. The lowest BCUT2D eigenvalue weighted by Crippen LogP contribution is -2.39. The molecular weight excluding hydrogens is 362 g/mol. The minimum atomic E-state index is 0.380. The van der Waals surface area contributed by atoms with Crippen molar-refractivity contribution in [1.29, 1.82) is 0 Å². The molecule has 0 bridgehead atoms. The summed E-state index contributed by atoms with van der Waals surface area (Å²) in [5.41, 5.74) is 1.30. The number of fused-ring (bicyclic) bond motifs is 1. The van der Waals surface area contributed by atoms with Gasteiger partial charge < -0.3 is 14.8 Å². The van der Waals surface area contributed by atoms with Crippen molar-refractivity contribution in [3.8, 4) is 11.5 Å². The normalized spacial score (nSPS) is 17.7. The zero-order chi connectivity index (χ0) is 18.4. The van der Waals surface area contributed by atoms with Gasteiger partial charge >= 0.3 is 0 Å². The van der Waals surface area contributed by atoms with Crippen LogP contribution in [-0.4, -0.2) is 37.8 Å². The van der Waals surface area contributed by atoms with Crippen molar-refractivity contribution in [2.24, 2.45) is 5.92 Å². The van der Waals surface area contributed by atoms with E-state index in [9.17, 15) is 0 Å². The third-order valence-corrected chi connectivity index (χ3v) is 7.16. The zero-order valence-corrected chi connectivity index (χ0v) is 17.3. The van der Waals surface area contributed by atoms with Crippen molar-refractivity contribution < 1.29 is 9.47 Å². The molecule has 2 aromatic rings. The van der Waals surface area contributed by atoms with Crippen LogP contribution in [0.1, 0.15) is 12.5 Å². The highest BCUT2D eigenvalue weighted by molar-refractivity contribution is 7.99. The quantitative estimate of drug-likeness (QED) is 0.682. The molecule has 0 radical (unpaired) electrons. The highest BCUT2D eigenvalue weighted by atomic mass is 32.2. The second-order valence-electron chi connectivity index (χ2n) is 6.70. The summed E-state index contributed by atoms with van der Waals surface area (Å²) in [4.78, 5) is 2.50. The number of rotatable bonds is 7. The molecule has 0 spiro atoms. The first-order valence-corrected chi connectivity index (χ1v) is 11.0. The number of benzene rings is 2. The van der Waals surface area contributed by atoms with E-state index < -0.39 is 0 Å². The Morgan fingerprint density at radius 1 is 1.27 bits per heavy atom. The van der Waals surface area contributed by atoms with E-state index in [0.717, 1.165) is 36.2 Å². The standard InChI is InChI=1S/C21H27NO2S2/c1-15(13-25-20-10-5-4-8-18(20)23-3)11-22-17-12-24-19-9-6-7-16(2)21(19)26-14-17/h4-10,15,17,22H,11-14H2,1-3H3. The van der Waals surface area contributed by atoms with E-state index in [2.05, 4.69) is 49.5 Å². The molecule has 26 heavy (non-hydrogen) atoms. The SMILES string of the molecule is COc1ccccc1SCC(C)CNC1COc2cccc(C)c2SC1. The van der Waals surface area contributed by atoms with E-state index in [-0.39, 0.29) is 0 Å².